The first kappa shape index (κ1) is 30.7. The van der Waals surface area contributed by atoms with Gasteiger partial charge in [-0.05, 0) is 80.2 Å². The summed E-state index contributed by atoms with van der Waals surface area (Å²) in [4.78, 5) is 17.5. The van der Waals surface area contributed by atoms with Gasteiger partial charge >= 0.3 is 0 Å². The third-order valence-electron chi connectivity index (χ3n) is 10.1. The Morgan fingerprint density at radius 1 is 1.12 bits per heavy atom. The zero-order chi connectivity index (χ0) is 30.2. The number of hydrogen-bond acceptors (Lipinski definition) is 6. The fraction of sp³-hybridized carbons (Fsp3) is 0.571. The zero-order valence-corrected chi connectivity index (χ0v) is 27.2. The summed E-state index contributed by atoms with van der Waals surface area (Å²) in [6.45, 7) is 19.3. The minimum absolute atomic E-state index is 0.158. The molecule has 42 heavy (non-hydrogen) atoms. The average Bonchev–Trinajstić information content (AvgIpc) is 2.99. The van der Waals surface area contributed by atoms with Gasteiger partial charge in [0, 0.05) is 29.1 Å². The van der Waals surface area contributed by atoms with E-state index in [1.54, 1.807) is 7.11 Å². The van der Waals surface area contributed by atoms with Crippen LogP contribution in [0, 0.1) is 11.8 Å². The van der Waals surface area contributed by atoms with Crippen LogP contribution in [0.15, 0.2) is 43.1 Å². The molecule has 7 heteroatoms. The van der Waals surface area contributed by atoms with Gasteiger partial charge in [0.25, 0.3) is 0 Å². The Hall–Kier alpha value is -2.70. The highest BCUT2D eigenvalue weighted by Gasteiger charge is 2.45. The lowest BCUT2D eigenvalue weighted by Crippen LogP contribution is -2.55. The van der Waals surface area contributed by atoms with Gasteiger partial charge in [0.2, 0.25) is 5.88 Å². The van der Waals surface area contributed by atoms with E-state index in [1.165, 1.54) is 6.42 Å². The summed E-state index contributed by atoms with van der Waals surface area (Å²) in [7, 11) is 1.70. The second kappa shape index (κ2) is 12.1. The van der Waals surface area contributed by atoms with E-state index in [9.17, 15) is 0 Å². The normalized spacial score (nSPS) is 23.1. The Labute approximate surface area is 256 Å². The smallest absolute Gasteiger partial charge is 0.222 e. The van der Waals surface area contributed by atoms with Crippen molar-refractivity contribution in [3.63, 3.8) is 0 Å². The predicted molar refractivity (Wildman–Crippen MR) is 172 cm³/mol. The number of rotatable bonds is 10. The molecule has 226 valence electrons. The molecule has 0 spiro atoms. The second-order valence-electron chi connectivity index (χ2n) is 13.2. The molecule has 5 atom stereocenters. The monoisotopic (exact) mass is 590 g/mol. The molecule has 0 aliphatic carbocycles. The zero-order valence-electron chi connectivity index (χ0n) is 26.4. The molecule has 2 bridgehead atoms. The van der Waals surface area contributed by atoms with E-state index in [2.05, 4.69) is 71.2 Å². The second-order valence-corrected chi connectivity index (χ2v) is 13.5. The quantitative estimate of drug-likeness (QED) is 0.174. The molecule has 6 nitrogen and oxygen atoms in total. The molecule has 0 N–H and O–H groups in total. The van der Waals surface area contributed by atoms with E-state index >= 15 is 0 Å². The summed E-state index contributed by atoms with van der Waals surface area (Å²) < 4.78 is 12.9. The number of piperidine rings is 3. The minimum atomic E-state index is -0.313. The molecular formula is C35H47ClN4O2. The largest absolute Gasteiger partial charge is 0.497 e. The number of methoxy groups -OCH3 is 1. The van der Waals surface area contributed by atoms with Gasteiger partial charge in [-0.1, -0.05) is 59.2 Å². The van der Waals surface area contributed by atoms with E-state index in [4.69, 9.17) is 36.0 Å². The van der Waals surface area contributed by atoms with Gasteiger partial charge in [-0.25, -0.2) is 4.98 Å². The SMILES string of the molecule is C=CC1CN2CCC1C[C@@H]2[C@@H](Oc1nc(C(CC)(CC)CC)nc(Cl)c1C(C)(C)C)c1ccnc2ccc(OC)cc12. The molecule has 0 saturated carbocycles. The van der Waals surface area contributed by atoms with E-state index in [0.717, 1.165) is 72.4 Å². The number of pyridine rings is 1. The van der Waals surface area contributed by atoms with Crippen LogP contribution < -0.4 is 9.47 Å². The Kier molecular flexibility index (Phi) is 8.87. The number of fused-ring (bicyclic) bond motifs is 4. The molecule has 0 amide bonds. The Balaban J connectivity index is 1.71. The fourth-order valence-corrected chi connectivity index (χ4v) is 7.72. The third kappa shape index (κ3) is 5.53. The van der Waals surface area contributed by atoms with Gasteiger partial charge in [0.05, 0.1) is 24.2 Å². The summed E-state index contributed by atoms with van der Waals surface area (Å²) in [6.07, 6.45) is 8.78. The van der Waals surface area contributed by atoms with Crippen LogP contribution in [0.1, 0.15) is 96.7 Å². The van der Waals surface area contributed by atoms with Crippen molar-refractivity contribution >= 4 is 22.5 Å². The van der Waals surface area contributed by atoms with Crippen LogP contribution in [-0.2, 0) is 10.8 Å². The van der Waals surface area contributed by atoms with Crippen LogP contribution >= 0.6 is 11.6 Å². The third-order valence-corrected chi connectivity index (χ3v) is 10.4. The van der Waals surface area contributed by atoms with Crippen LogP contribution in [-0.4, -0.2) is 46.1 Å². The first-order valence-corrected chi connectivity index (χ1v) is 16.0. The number of halogens is 1. The number of ether oxygens (including phenoxy) is 2. The van der Waals surface area contributed by atoms with Crippen LogP contribution in [0.5, 0.6) is 11.6 Å². The van der Waals surface area contributed by atoms with Gasteiger partial charge < -0.3 is 9.47 Å². The molecule has 3 unspecified atom stereocenters. The molecule has 1 aromatic carbocycles. The van der Waals surface area contributed by atoms with Crippen LogP contribution in [0.25, 0.3) is 10.9 Å². The maximum atomic E-state index is 7.28. The standard InChI is InChI=1S/C35H47ClN4O2/c1-9-22-21-40-18-16-23(22)19-28(40)30(25-15-17-37-27-14-13-24(41-8)20-26(25)27)42-32-29(34(5,6)7)31(36)38-33(39-32)35(10-2,11-3)12-4/h9,13-15,17,20,22-23,28,30H,1,10-12,16,18-19,21H2,2-8H3/t22?,23?,28-,30+/m1/s1. The van der Waals surface area contributed by atoms with Gasteiger partial charge in [-0.15, -0.1) is 6.58 Å². The van der Waals surface area contributed by atoms with Crippen molar-refractivity contribution in [2.75, 3.05) is 20.2 Å². The molecule has 0 radical (unpaired) electrons. The fourth-order valence-electron chi connectivity index (χ4n) is 7.27. The molecule has 3 fully saturated rings. The number of aromatic nitrogens is 3. The lowest BCUT2D eigenvalue weighted by Gasteiger charge is -2.51. The molecule has 2 aromatic heterocycles. The van der Waals surface area contributed by atoms with Crippen molar-refractivity contribution in [1.82, 2.24) is 19.9 Å². The predicted octanol–water partition coefficient (Wildman–Crippen LogP) is 8.47. The minimum Gasteiger partial charge on any atom is -0.497 e. The van der Waals surface area contributed by atoms with E-state index in [1.807, 2.05) is 18.3 Å². The first-order chi connectivity index (χ1) is 20.1. The topological polar surface area (TPSA) is 60.4 Å². The highest BCUT2D eigenvalue weighted by Crippen LogP contribution is 2.46. The van der Waals surface area contributed by atoms with Gasteiger partial charge in [-0.3, -0.25) is 9.88 Å². The molecule has 6 rings (SSSR count). The number of hydrogen-bond donors (Lipinski definition) is 0. The summed E-state index contributed by atoms with van der Waals surface area (Å²) in [6, 6.07) is 8.35. The molecule has 3 saturated heterocycles. The maximum absolute atomic E-state index is 7.28. The summed E-state index contributed by atoms with van der Waals surface area (Å²) in [5, 5.41) is 1.52. The van der Waals surface area contributed by atoms with Crippen molar-refractivity contribution in [3.8, 4) is 11.6 Å². The van der Waals surface area contributed by atoms with Crippen molar-refractivity contribution in [3.05, 3.63) is 65.2 Å². The van der Waals surface area contributed by atoms with Crippen molar-refractivity contribution in [1.29, 1.82) is 0 Å². The van der Waals surface area contributed by atoms with Crippen LogP contribution in [0.4, 0.5) is 0 Å². The molecular weight excluding hydrogens is 544 g/mol. The Bertz CT molecular complexity index is 1420. The van der Waals surface area contributed by atoms with Gasteiger partial charge in [0.1, 0.15) is 22.8 Å². The Morgan fingerprint density at radius 3 is 2.45 bits per heavy atom. The van der Waals surface area contributed by atoms with Crippen molar-refractivity contribution < 1.29 is 9.47 Å². The molecule has 3 aliphatic heterocycles. The van der Waals surface area contributed by atoms with E-state index in [-0.39, 0.29) is 23.0 Å². The maximum Gasteiger partial charge on any atom is 0.222 e. The average molecular weight is 591 g/mol. The Morgan fingerprint density at radius 2 is 1.86 bits per heavy atom. The lowest BCUT2D eigenvalue weighted by molar-refractivity contribution is -0.0374. The number of benzene rings is 1. The van der Waals surface area contributed by atoms with Crippen molar-refractivity contribution in [2.24, 2.45) is 11.8 Å². The summed E-state index contributed by atoms with van der Waals surface area (Å²) in [5.41, 5.74) is 2.39. The molecule has 3 aliphatic rings. The summed E-state index contributed by atoms with van der Waals surface area (Å²) >= 11 is 7.07. The van der Waals surface area contributed by atoms with Gasteiger partial charge in [-0.2, -0.15) is 4.98 Å². The lowest BCUT2D eigenvalue weighted by atomic mass is 9.73. The van der Waals surface area contributed by atoms with E-state index < -0.39 is 0 Å². The number of nitrogens with zero attached hydrogens (tertiary/aromatic N) is 4. The van der Waals surface area contributed by atoms with Crippen LogP contribution in [0.3, 0.4) is 0 Å². The molecule has 3 aromatic rings. The van der Waals surface area contributed by atoms with Crippen molar-refractivity contribution in [2.45, 2.75) is 96.6 Å². The summed E-state index contributed by atoms with van der Waals surface area (Å²) in [5.74, 6) is 3.27. The van der Waals surface area contributed by atoms with Gasteiger partial charge in [0.15, 0.2) is 0 Å². The highest BCUT2D eigenvalue weighted by atomic mass is 35.5. The van der Waals surface area contributed by atoms with E-state index in [0.29, 0.717) is 22.9 Å². The van der Waals surface area contributed by atoms with Crippen LogP contribution in [0.2, 0.25) is 5.15 Å². The first-order valence-electron chi connectivity index (χ1n) is 15.6. The molecule has 5 heterocycles. The highest BCUT2D eigenvalue weighted by molar-refractivity contribution is 6.30.